The molecule has 132 valence electrons. The quantitative estimate of drug-likeness (QED) is 0.656. The maximum absolute atomic E-state index is 12.7. The van der Waals surface area contributed by atoms with Gasteiger partial charge in [-0.2, -0.15) is 0 Å². The van der Waals surface area contributed by atoms with E-state index < -0.39 is 0 Å². The second kappa shape index (κ2) is 6.45. The highest BCUT2D eigenvalue weighted by atomic mass is 16.2. The minimum absolute atomic E-state index is 0.0915. The molecule has 0 N–H and O–H groups in total. The van der Waals surface area contributed by atoms with Gasteiger partial charge in [-0.1, -0.05) is 42.5 Å². The third-order valence-corrected chi connectivity index (χ3v) is 5.01. The van der Waals surface area contributed by atoms with Gasteiger partial charge < -0.3 is 9.47 Å². The summed E-state index contributed by atoms with van der Waals surface area (Å²) in [5.74, 6) is 1.24. The lowest BCUT2D eigenvalue weighted by molar-refractivity contribution is -0.117. The van der Waals surface area contributed by atoms with Gasteiger partial charge in [-0.05, 0) is 37.6 Å². The van der Waals surface area contributed by atoms with Crippen molar-refractivity contribution in [2.24, 2.45) is 0 Å². The van der Waals surface area contributed by atoms with E-state index in [4.69, 9.17) is 4.98 Å². The Hall–Kier alpha value is -2.88. The fraction of sp³-hybridized carbons (Fsp3) is 0.273. The van der Waals surface area contributed by atoms with Crippen molar-refractivity contribution in [2.45, 2.75) is 32.7 Å². The first kappa shape index (κ1) is 16.6. The van der Waals surface area contributed by atoms with Crippen molar-refractivity contribution in [3.63, 3.8) is 0 Å². The Kier molecular flexibility index (Phi) is 4.11. The predicted octanol–water partition coefficient (Wildman–Crippen LogP) is 4.44. The SMILES string of the molecule is C=C(C)Cn1c([C@H]2CC(=O)N(c3ccccc3C)C2)nc2ccccc21. The standard InChI is InChI=1S/C22H23N3O/c1-15(2)13-25-20-11-7-5-9-18(20)23-22(25)17-12-21(26)24(14-17)19-10-6-4-8-16(19)3/h4-11,17H,1,12-14H2,2-3H3/t17-/m0/s1. The Morgan fingerprint density at radius 3 is 2.69 bits per heavy atom. The smallest absolute Gasteiger partial charge is 0.227 e. The maximum atomic E-state index is 12.7. The van der Waals surface area contributed by atoms with Crippen molar-refractivity contribution in [1.82, 2.24) is 9.55 Å². The number of amides is 1. The van der Waals surface area contributed by atoms with Crippen LogP contribution in [0.1, 0.15) is 30.7 Å². The minimum atomic E-state index is 0.0915. The molecule has 1 saturated heterocycles. The second-order valence-electron chi connectivity index (χ2n) is 7.19. The molecule has 0 spiro atoms. The fourth-order valence-electron chi connectivity index (χ4n) is 3.82. The summed E-state index contributed by atoms with van der Waals surface area (Å²) in [6.07, 6.45) is 0.494. The molecule has 0 bridgehead atoms. The molecular weight excluding hydrogens is 322 g/mol. The summed E-state index contributed by atoms with van der Waals surface area (Å²) in [5.41, 5.74) is 5.28. The molecule has 0 radical (unpaired) electrons. The average Bonchev–Trinajstić information content (AvgIpc) is 3.16. The zero-order chi connectivity index (χ0) is 18.3. The molecule has 0 aliphatic carbocycles. The number of fused-ring (bicyclic) bond motifs is 1. The van der Waals surface area contributed by atoms with Gasteiger partial charge in [0, 0.05) is 31.1 Å². The number of hydrogen-bond donors (Lipinski definition) is 0. The van der Waals surface area contributed by atoms with Crippen LogP contribution in [0.2, 0.25) is 0 Å². The molecule has 1 amide bonds. The highest BCUT2D eigenvalue weighted by Crippen LogP contribution is 2.34. The van der Waals surface area contributed by atoms with Crippen LogP contribution in [0.3, 0.4) is 0 Å². The van der Waals surface area contributed by atoms with Crippen molar-refractivity contribution in [1.29, 1.82) is 0 Å². The molecule has 1 aromatic heterocycles. The van der Waals surface area contributed by atoms with Crippen LogP contribution in [0.4, 0.5) is 5.69 Å². The van der Waals surface area contributed by atoms with E-state index in [1.54, 1.807) is 0 Å². The lowest BCUT2D eigenvalue weighted by Gasteiger charge is -2.19. The van der Waals surface area contributed by atoms with Gasteiger partial charge in [0.05, 0.1) is 11.0 Å². The van der Waals surface area contributed by atoms with E-state index in [0.29, 0.717) is 13.0 Å². The highest BCUT2D eigenvalue weighted by molar-refractivity contribution is 5.97. The van der Waals surface area contributed by atoms with Crippen LogP contribution in [0, 0.1) is 6.92 Å². The number of nitrogens with zero attached hydrogens (tertiary/aromatic N) is 3. The number of anilines is 1. The molecule has 2 heterocycles. The summed E-state index contributed by atoms with van der Waals surface area (Å²) >= 11 is 0. The first-order valence-corrected chi connectivity index (χ1v) is 9.00. The van der Waals surface area contributed by atoms with E-state index in [1.807, 2.05) is 61.2 Å². The van der Waals surface area contributed by atoms with Crippen LogP contribution >= 0.6 is 0 Å². The zero-order valence-corrected chi connectivity index (χ0v) is 15.3. The Bertz CT molecular complexity index is 1000. The first-order valence-electron chi connectivity index (χ1n) is 9.00. The monoisotopic (exact) mass is 345 g/mol. The minimum Gasteiger partial charge on any atom is -0.324 e. The second-order valence-corrected chi connectivity index (χ2v) is 7.19. The number of imidazole rings is 1. The topological polar surface area (TPSA) is 38.1 Å². The number of carbonyl (C=O) groups excluding carboxylic acids is 1. The van der Waals surface area contributed by atoms with Crippen molar-refractivity contribution in [3.8, 4) is 0 Å². The van der Waals surface area contributed by atoms with Crippen LogP contribution in [0.25, 0.3) is 11.0 Å². The number of hydrogen-bond acceptors (Lipinski definition) is 2. The van der Waals surface area contributed by atoms with Gasteiger partial charge in [0.15, 0.2) is 0 Å². The van der Waals surface area contributed by atoms with E-state index in [0.717, 1.165) is 40.2 Å². The van der Waals surface area contributed by atoms with E-state index in [9.17, 15) is 4.79 Å². The Labute approximate surface area is 153 Å². The summed E-state index contributed by atoms with van der Waals surface area (Å²) in [6, 6.07) is 16.2. The summed E-state index contributed by atoms with van der Waals surface area (Å²) in [4.78, 5) is 19.5. The van der Waals surface area contributed by atoms with E-state index >= 15 is 0 Å². The number of aryl methyl sites for hydroxylation is 1. The van der Waals surface area contributed by atoms with Gasteiger partial charge in [-0.15, -0.1) is 0 Å². The van der Waals surface area contributed by atoms with Crippen LogP contribution in [-0.2, 0) is 11.3 Å². The summed E-state index contributed by atoms with van der Waals surface area (Å²) in [5, 5.41) is 0. The van der Waals surface area contributed by atoms with Gasteiger partial charge >= 0.3 is 0 Å². The van der Waals surface area contributed by atoms with Gasteiger partial charge in [-0.3, -0.25) is 4.79 Å². The van der Waals surface area contributed by atoms with Crippen molar-refractivity contribution in [3.05, 3.63) is 72.1 Å². The number of aromatic nitrogens is 2. The maximum Gasteiger partial charge on any atom is 0.227 e. The molecule has 3 aromatic rings. The molecule has 1 aliphatic heterocycles. The predicted molar refractivity (Wildman–Crippen MR) is 105 cm³/mol. The molecule has 4 heteroatoms. The number of carbonyl (C=O) groups is 1. The highest BCUT2D eigenvalue weighted by Gasteiger charge is 2.35. The lowest BCUT2D eigenvalue weighted by atomic mass is 10.1. The normalized spacial score (nSPS) is 17.2. The summed E-state index contributed by atoms with van der Waals surface area (Å²) < 4.78 is 2.22. The number of rotatable bonds is 4. The molecule has 1 aliphatic rings. The Balaban J connectivity index is 1.73. The van der Waals surface area contributed by atoms with E-state index in [1.165, 1.54) is 0 Å². The van der Waals surface area contributed by atoms with Gasteiger partial charge in [-0.25, -0.2) is 4.98 Å². The van der Waals surface area contributed by atoms with Crippen LogP contribution in [0.15, 0.2) is 60.7 Å². The number of allylic oxidation sites excluding steroid dienone is 1. The van der Waals surface area contributed by atoms with Gasteiger partial charge in [0.25, 0.3) is 0 Å². The largest absolute Gasteiger partial charge is 0.324 e. The zero-order valence-electron chi connectivity index (χ0n) is 15.3. The molecular formula is C22H23N3O. The summed E-state index contributed by atoms with van der Waals surface area (Å²) in [7, 11) is 0. The van der Waals surface area contributed by atoms with Gasteiger partial charge in [0.2, 0.25) is 5.91 Å². The molecule has 1 atom stereocenters. The van der Waals surface area contributed by atoms with Gasteiger partial charge in [0.1, 0.15) is 5.82 Å². The molecule has 0 unspecified atom stereocenters. The molecule has 2 aromatic carbocycles. The number of benzene rings is 2. The Morgan fingerprint density at radius 1 is 1.19 bits per heavy atom. The first-order chi connectivity index (χ1) is 12.5. The summed E-state index contributed by atoms with van der Waals surface area (Å²) in [6.45, 7) is 9.54. The molecule has 4 nitrogen and oxygen atoms in total. The molecule has 0 saturated carbocycles. The van der Waals surface area contributed by atoms with E-state index in [2.05, 4.69) is 17.2 Å². The van der Waals surface area contributed by atoms with Crippen LogP contribution < -0.4 is 4.90 Å². The fourth-order valence-corrected chi connectivity index (χ4v) is 3.82. The third kappa shape index (κ3) is 2.81. The molecule has 4 rings (SSSR count). The number of para-hydroxylation sites is 3. The molecule has 1 fully saturated rings. The van der Waals surface area contributed by atoms with Crippen molar-refractivity contribution < 1.29 is 4.79 Å². The van der Waals surface area contributed by atoms with Crippen LogP contribution in [0.5, 0.6) is 0 Å². The lowest BCUT2D eigenvalue weighted by Crippen LogP contribution is -2.25. The van der Waals surface area contributed by atoms with Crippen molar-refractivity contribution in [2.75, 3.05) is 11.4 Å². The van der Waals surface area contributed by atoms with Crippen LogP contribution in [-0.4, -0.2) is 22.0 Å². The molecule has 26 heavy (non-hydrogen) atoms. The van der Waals surface area contributed by atoms with E-state index in [-0.39, 0.29) is 11.8 Å². The Morgan fingerprint density at radius 2 is 1.92 bits per heavy atom. The third-order valence-electron chi connectivity index (χ3n) is 5.01. The van der Waals surface area contributed by atoms with Crippen molar-refractivity contribution >= 4 is 22.6 Å². The average molecular weight is 345 g/mol.